The number of amides is 1. The second kappa shape index (κ2) is 11.9. The minimum Gasteiger partial charge on any atom is -0.465 e. The van der Waals surface area contributed by atoms with Crippen molar-refractivity contribution in [3.05, 3.63) is 71.3 Å². The smallest absolute Gasteiger partial charge is 0.337 e. The van der Waals surface area contributed by atoms with Crippen LogP contribution in [0.2, 0.25) is 0 Å². The molecular formula is C23H29NO4. The second-order valence-corrected chi connectivity index (χ2v) is 6.93. The fourth-order valence-corrected chi connectivity index (χ4v) is 2.77. The molecule has 1 atom stereocenters. The average molecular weight is 383 g/mol. The van der Waals surface area contributed by atoms with E-state index in [1.807, 2.05) is 42.5 Å². The van der Waals surface area contributed by atoms with Crippen molar-refractivity contribution >= 4 is 11.9 Å². The van der Waals surface area contributed by atoms with Crippen LogP contribution in [0.15, 0.2) is 54.6 Å². The van der Waals surface area contributed by atoms with Crippen LogP contribution in [0.1, 0.15) is 41.3 Å². The molecule has 2 rings (SSSR count). The van der Waals surface area contributed by atoms with Gasteiger partial charge in [0.1, 0.15) is 0 Å². The Morgan fingerprint density at radius 2 is 1.71 bits per heavy atom. The summed E-state index contributed by atoms with van der Waals surface area (Å²) < 4.78 is 10.4. The first kappa shape index (κ1) is 21.6. The van der Waals surface area contributed by atoms with E-state index in [4.69, 9.17) is 4.74 Å². The fourth-order valence-electron chi connectivity index (χ4n) is 2.77. The molecule has 28 heavy (non-hydrogen) atoms. The maximum atomic E-state index is 12.0. The summed E-state index contributed by atoms with van der Waals surface area (Å²) in [6, 6.07) is 17.3. The van der Waals surface area contributed by atoms with Gasteiger partial charge in [0.05, 0.1) is 19.3 Å². The number of esters is 1. The second-order valence-electron chi connectivity index (χ2n) is 6.93. The van der Waals surface area contributed by atoms with Gasteiger partial charge in [0.2, 0.25) is 5.91 Å². The van der Waals surface area contributed by atoms with Gasteiger partial charge < -0.3 is 14.8 Å². The lowest BCUT2D eigenvalue weighted by atomic mass is 10.1. The Morgan fingerprint density at radius 3 is 2.39 bits per heavy atom. The number of rotatable bonds is 11. The minimum absolute atomic E-state index is 0.0566. The van der Waals surface area contributed by atoms with Crippen molar-refractivity contribution in [1.29, 1.82) is 0 Å². The molecule has 5 nitrogen and oxygen atoms in total. The Morgan fingerprint density at radius 1 is 1.00 bits per heavy atom. The van der Waals surface area contributed by atoms with E-state index in [1.54, 1.807) is 12.1 Å². The highest BCUT2D eigenvalue weighted by Gasteiger charge is 2.08. The van der Waals surface area contributed by atoms with E-state index in [0.717, 1.165) is 24.0 Å². The molecule has 0 bridgehead atoms. The van der Waals surface area contributed by atoms with E-state index >= 15 is 0 Å². The standard InChI is InChI=1S/C23H29NO4/c1-18(16-28-17-20-6-4-3-5-7-20)8-13-22(25)24-15-14-19-9-11-21(12-10-19)23(26)27-2/h3-7,9-12,18H,8,13-17H2,1-2H3,(H,24,25)/t18-/m0/s1. The predicted molar refractivity (Wildman–Crippen MR) is 109 cm³/mol. The highest BCUT2D eigenvalue weighted by atomic mass is 16.5. The van der Waals surface area contributed by atoms with Crippen molar-refractivity contribution < 1.29 is 19.1 Å². The average Bonchev–Trinajstić information content (AvgIpc) is 2.73. The fraction of sp³-hybridized carbons (Fsp3) is 0.391. The van der Waals surface area contributed by atoms with Gasteiger partial charge in [0.15, 0.2) is 0 Å². The summed E-state index contributed by atoms with van der Waals surface area (Å²) in [4.78, 5) is 23.4. The SMILES string of the molecule is COC(=O)c1ccc(CCNC(=O)CC[C@H](C)COCc2ccccc2)cc1. The molecule has 0 heterocycles. The molecule has 1 amide bonds. The number of methoxy groups -OCH3 is 1. The zero-order valence-electron chi connectivity index (χ0n) is 16.6. The van der Waals surface area contributed by atoms with Gasteiger partial charge in [-0.1, -0.05) is 49.4 Å². The summed E-state index contributed by atoms with van der Waals surface area (Å²) in [5, 5.41) is 2.95. The van der Waals surface area contributed by atoms with Crippen LogP contribution in [0.3, 0.4) is 0 Å². The lowest BCUT2D eigenvalue weighted by Gasteiger charge is -2.12. The maximum Gasteiger partial charge on any atom is 0.337 e. The first-order valence-electron chi connectivity index (χ1n) is 9.64. The molecule has 0 aliphatic heterocycles. The summed E-state index contributed by atoms with van der Waals surface area (Å²) in [6.45, 7) is 3.93. The number of hydrogen-bond donors (Lipinski definition) is 1. The number of carbonyl (C=O) groups is 2. The molecule has 0 unspecified atom stereocenters. The summed E-state index contributed by atoms with van der Waals surface area (Å²) in [7, 11) is 1.36. The zero-order chi connectivity index (χ0) is 20.2. The highest BCUT2D eigenvalue weighted by molar-refractivity contribution is 5.89. The van der Waals surface area contributed by atoms with E-state index in [9.17, 15) is 9.59 Å². The van der Waals surface area contributed by atoms with E-state index in [-0.39, 0.29) is 11.9 Å². The number of nitrogens with one attached hydrogen (secondary N) is 1. The van der Waals surface area contributed by atoms with Crippen LogP contribution in [0, 0.1) is 5.92 Å². The van der Waals surface area contributed by atoms with Crippen LogP contribution in [0.5, 0.6) is 0 Å². The molecular weight excluding hydrogens is 354 g/mol. The molecule has 150 valence electrons. The third-order valence-electron chi connectivity index (χ3n) is 4.49. The molecule has 0 aliphatic rings. The number of benzene rings is 2. The molecule has 2 aromatic carbocycles. The molecule has 1 N–H and O–H groups in total. The lowest BCUT2D eigenvalue weighted by molar-refractivity contribution is -0.121. The van der Waals surface area contributed by atoms with Gasteiger partial charge >= 0.3 is 5.97 Å². The van der Waals surface area contributed by atoms with Gasteiger partial charge in [-0.2, -0.15) is 0 Å². The van der Waals surface area contributed by atoms with Gasteiger partial charge in [-0.05, 0) is 42.0 Å². The van der Waals surface area contributed by atoms with Gasteiger partial charge in [-0.3, -0.25) is 4.79 Å². The van der Waals surface area contributed by atoms with Crippen molar-refractivity contribution in [2.75, 3.05) is 20.3 Å². The van der Waals surface area contributed by atoms with Gasteiger partial charge in [0.25, 0.3) is 0 Å². The van der Waals surface area contributed by atoms with Crippen molar-refractivity contribution in [2.45, 2.75) is 32.8 Å². The normalized spacial score (nSPS) is 11.6. The number of ether oxygens (including phenoxy) is 2. The van der Waals surface area contributed by atoms with Crippen LogP contribution in [-0.4, -0.2) is 32.1 Å². The monoisotopic (exact) mass is 383 g/mol. The van der Waals surface area contributed by atoms with Crippen LogP contribution in [0.25, 0.3) is 0 Å². The molecule has 2 aromatic rings. The van der Waals surface area contributed by atoms with Crippen LogP contribution in [0.4, 0.5) is 0 Å². The Hall–Kier alpha value is -2.66. The van der Waals surface area contributed by atoms with Crippen molar-refractivity contribution in [2.24, 2.45) is 5.92 Å². The van der Waals surface area contributed by atoms with Crippen LogP contribution < -0.4 is 5.32 Å². The van der Waals surface area contributed by atoms with Crippen LogP contribution >= 0.6 is 0 Å². The first-order valence-corrected chi connectivity index (χ1v) is 9.64. The van der Waals surface area contributed by atoms with Gasteiger partial charge in [0, 0.05) is 19.6 Å². The largest absolute Gasteiger partial charge is 0.465 e. The molecule has 0 saturated heterocycles. The molecule has 0 saturated carbocycles. The van der Waals surface area contributed by atoms with E-state index in [0.29, 0.717) is 37.7 Å². The minimum atomic E-state index is -0.346. The Kier molecular flexibility index (Phi) is 9.22. The van der Waals surface area contributed by atoms with Gasteiger partial charge in [-0.25, -0.2) is 4.79 Å². The predicted octanol–water partition coefficient (Wildman–Crippen LogP) is 3.77. The third-order valence-corrected chi connectivity index (χ3v) is 4.49. The van der Waals surface area contributed by atoms with Crippen LogP contribution in [-0.2, 0) is 27.3 Å². The summed E-state index contributed by atoms with van der Waals surface area (Å²) in [5.74, 6) is 0.0446. The highest BCUT2D eigenvalue weighted by Crippen LogP contribution is 2.09. The third kappa shape index (κ3) is 7.92. The topological polar surface area (TPSA) is 64.6 Å². The van der Waals surface area contributed by atoms with Crippen molar-refractivity contribution in [3.8, 4) is 0 Å². The molecule has 5 heteroatoms. The first-order chi connectivity index (χ1) is 13.6. The van der Waals surface area contributed by atoms with Crippen molar-refractivity contribution in [1.82, 2.24) is 5.32 Å². The van der Waals surface area contributed by atoms with E-state index in [1.165, 1.54) is 7.11 Å². The Bertz CT molecular complexity index is 728. The van der Waals surface area contributed by atoms with Gasteiger partial charge in [-0.15, -0.1) is 0 Å². The molecule has 0 spiro atoms. The molecule has 0 aromatic heterocycles. The summed E-state index contributed by atoms with van der Waals surface area (Å²) in [6.07, 6.45) is 2.02. The maximum absolute atomic E-state index is 12.0. The van der Waals surface area contributed by atoms with Crippen molar-refractivity contribution in [3.63, 3.8) is 0 Å². The Balaban J connectivity index is 1.57. The molecule has 0 fully saturated rings. The number of carbonyl (C=O) groups excluding carboxylic acids is 2. The molecule has 0 radical (unpaired) electrons. The summed E-state index contributed by atoms with van der Waals surface area (Å²) in [5.41, 5.74) is 2.75. The van der Waals surface area contributed by atoms with E-state index < -0.39 is 0 Å². The Labute approximate surface area is 167 Å². The lowest BCUT2D eigenvalue weighted by Crippen LogP contribution is -2.26. The number of hydrogen-bond acceptors (Lipinski definition) is 4. The summed E-state index contributed by atoms with van der Waals surface area (Å²) >= 11 is 0. The van der Waals surface area contributed by atoms with E-state index in [2.05, 4.69) is 17.0 Å². The molecule has 0 aliphatic carbocycles. The quantitative estimate of drug-likeness (QED) is 0.600. The zero-order valence-corrected chi connectivity index (χ0v) is 16.6.